The minimum absolute atomic E-state index is 0.210. The Morgan fingerprint density at radius 1 is 1.47 bits per heavy atom. The van der Waals surface area contributed by atoms with E-state index in [0.29, 0.717) is 19.8 Å². The summed E-state index contributed by atoms with van der Waals surface area (Å²) in [4.78, 5) is 0. The van der Waals surface area contributed by atoms with E-state index in [1.54, 1.807) is 6.20 Å². The molecule has 6 heteroatoms. The zero-order valence-corrected chi connectivity index (χ0v) is 11.8. The normalized spacial score (nSPS) is 20.4. The highest BCUT2D eigenvalue weighted by atomic mass is 16.5. The topological polar surface area (TPSA) is 75.2 Å². The molecule has 1 aliphatic heterocycles. The molecule has 2 N–H and O–H groups in total. The number of hydrogen-bond acceptors (Lipinski definition) is 5. The first-order chi connectivity index (χ1) is 9.23. The van der Waals surface area contributed by atoms with Gasteiger partial charge in [-0.15, -0.1) is 5.10 Å². The highest BCUT2D eigenvalue weighted by Gasteiger charge is 2.41. The van der Waals surface area contributed by atoms with Gasteiger partial charge in [0, 0.05) is 39.2 Å². The maximum atomic E-state index is 6.48. The van der Waals surface area contributed by atoms with Crippen molar-refractivity contribution in [2.24, 2.45) is 5.73 Å². The minimum Gasteiger partial charge on any atom is -0.381 e. The Balaban J connectivity index is 2.22. The smallest absolute Gasteiger partial charge is 0.0933 e. The van der Waals surface area contributed by atoms with Crippen LogP contribution in [0.3, 0.4) is 0 Å². The van der Waals surface area contributed by atoms with E-state index in [9.17, 15) is 0 Å². The van der Waals surface area contributed by atoms with Gasteiger partial charge in [0.25, 0.3) is 0 Å². The van der Waals surface area contributed by atoms with Gasteiger partial charge in [0.2, 0.25) is 0 Å². The number of aromatic nitrogens is 3. The second-order valence-electron chi connectivity index (χ2n) is 4.97. The van der Waals surface area contributed by atoms with E-state index in [1.807, 2.05) is 11.6 Å². The van der Waals surface area contributed by atoms with Crippen molar-refractivity contribution in [3.63, 3.8) is 0 Å². The first-order valence-electron chi connectivity index (χ1n) is 7.09. The predicted octanol–water partition coefficient (Wildman–Crippen LogP) is 1.27. The van der Waals surface area contributed by atoms with E-state index in [-0.39, 0.29) is 11.6 Å². The largest absolute Gasteiger partial charge is 0.381 e. The summed E-state index contributed by atoms with van der Waals surface area (Å²) in [6, 6.07) is -0.210. The van der Waals surface area contributed by atoms with E-state index in [4.69, 9.17) is 15.2 Å². The van der Waals surface area contributed by atoms with E-state index in [1.165, 1.54) is 0 Å². The summed E-state index contributed by atoms with van der Waals surface area (Å²) in [7, 11) is 0. The van der Waals surface area contributed by atoms with Gasteiger partial charge in [-0.3, -0.25) is 0 Å². The van der Waals surface area contributed by atoms with Gasteiger partial charge in [-0.05, 0) is 13.3 Å². The fourth-order valence-corrected chi connectivity index (χ4v) is 2.71. The molecule has 6 nitrogen and oxygen atoms in total. The molecule has 1 aromatic rings. The van der Waals surface area contributed by atoms with Crippen molar-refractivity contribution in [2.75, 3.05) is 19.8 Å². The number of rotatable bonds is 6. The Hall–Kier alpha value is -0.980. The standard InChI is InChI=1S/C13H24N4O2/c1-3-7-17-11(10-15-16-17)12(14)13(19-4-2)5-8-18-9-6-13/h10,12H,3-9,14H2,1-2H3. The number of nitrogens with zero attached hydrogens (tertiary/aromatic N) is 3. The van der Waals surface area contributed by atoms with Crippen molar-refractivity contribution in [3.8, 4) is 0 Å². The van der Waals surface area contributed by atoms with Crippen LogP contribution in [0.2, 0.25) is 0 Å². The van der Waals surface area contributed by atoms with Crippen LogP contribution < -0.4 is 5.73 Å². The first-order valence-corrected chi connectivity index (χ1v) is 7.09. The van der Waals surface area contributed by atoms with Crippen molar-refractivity contribution in [1.29, 1.82) is 0 Å². The Bertz CT molecular complexity index is 382. The van der Waals surface area contributed by atoms with Crippen molar-refractivity contribution in [3.05, 3.63) is 11.9 Å². The summed E-state index contributed by atoms with van der Waals surface area (Å²) in [5.41, 5.74) is 7.09. The lowest BCUT2D eigenvalue weighted by Gasteiger charge is -2.41. The van der Waals surface area contributed by atoms with Crippen LogP contribution in [0.4, 0.5) is 0 Å². The third kappa shape index (κ3) is 2.96. The summed E-state index contributed by atoms with van der Waals surface area (Å²) < 4.78 is 13.3. The maximum absolute atomic E-state index is 6.48. The molecule has 108 valence electrons. The average Bonchev–Trinajstić information content (AvgIpc) is 2.88. The quantitative estimate of drug-likeness (QED) is 0.841. The van der Waals surface area contributed by atoms with Gasteiger partial charge in [0.1, 0.15) is 0 Å². The molecule has 0 spiro atoms. The van der Waals surface area contributed by atoms with Crippen molar-refractivity contribution < 1.29 is 9.47 Å². The molecule has 0 bridgehead atoms. The van der Waals surface area contributed by atoms with Gasteiger partial charge >= 0.3 is 0 Å². The highest BCUT2D eigenvalue weighted by molar-refractivity contribution is 5.10. The SMILES string of the molecule is CCCn1nncc1C(N)C1(OCC)CCOCC1. The monoisotopic (exact) mass is 268 g/mol. The molecule has 0 aliphatic carbocycles. The molecule has 0 radical (unpaired) electrons. The van der Waals surface area contributed by atoms with Crippen LogP contribution in [0.5, 0.6) is 0 Å². The van der Waals surface area contributed by atoms with Gasteiger partial charge in [-0.1, -0.05) is 12.1 Å². The molecule has 1 aromatic heterocycles. The van der Waals surface area contributed by atoms with Crippen LogP contribution >= 0.6 is 0 Å². The Kier molecular flexibility index (Phi) is 4.90. The molecular formula is C13H24N4O2. The fraction of sp³-hybridized carbons (Fsp3) is 0.846. The molecule has 1 aliphatic rings. The van der Waals surface area contributed by atoms with Crippen molar-refractivity contribution >= 4 is 0 Å². The molecule has 2 rings (SSSR count). The van der Waals surface area contributed by atoms with Gasteiger partial charge < -0.3 is 15.2 Å². The lowest BCUT2D eigenvalue weighted by atomic mass is 9.84. The van der Waals surface area contributed by atoms with Gasteiger partial charge in [-0.2, -0.15) is 0 Å². The van der Waals surface area contributed by atoms with E-state index < -0.39 is 0 Å². The first kappa shape index (κ1) is 14.4. The van der Waals surface area contributed by atoms with Gasteiger partial charge in [0.15, 0.2) is 0 Å². The summed E-state index contributed by atoms with van der Waals surface area (Å²) in [6.07, 6.45) is 4.41. The Morgan fingerprint density at radius 3 is 2.84 bits per heavy atom. The molecule has 1 saturated heterocycles. The van der Waals surface area contributed by atoms with E-state index >= 15 is 0 Å². The molecule has 0 aromatic carbocycles. The third-order valence-electron chi connectivity index (χ3n) is 3.74. The minimum atomic E-state index is -0.347. The number of ether oxygens (including phenoxy) is 2. The molecule has 2 heterocycles. The van der Waals surface area contributed by atoms with Crippen molar-refractivity contribution in [1.82, 2.24) is 15.0 Å². The molecular weight excluding hydrogens is 244 g/mol. The van der Waals surface area contributed by atoms with Crippen LogP contribution in [-0.2, 0) is 16.0 Å². The van der Waals surface area contributed by atoms with Crippen molar-refractivity contribution in [2.45, 2.75) is 51.3 Å². The highest BCUT2D eigenvalue weighted by Crippen LogP contribution is 2.36. The Labute approximate surface area is 114 Å². The maximum Gasteiger partial charge on any atom is 0.0933 e. The molecule has 0 amide bonds. The zero-order chi connectivity index (χ0) is 13.7. The summed E-state index contributed by atoms with van der Waals surface area (Å²) >= 11 is 0. The Morgan fingerprint density at radius 2 is 2.21 bits per heavy atom. The molecule has 1 atom stereocenters. The molecule has 0 saturated carbocycles. The van der Waals surface area contributed by atoms with E-state index in [2.05, 4.69) is 17.2 Å². The van der Waals surface area contributed by atoms with Crippen LogP contribution in [0, 0.1) is 0 Å². The average molecular weight is 268 g/mol. The number of nitrogens with two attached hydrogens (primary N) is 1. The fourth-order valence-electron chi connectivity index (χ4n) is 2.71. The second-order valence-corrected chi connectivity index (χ2v) is 4.97. The summed E-state index contributed by atoms with van der Waals surface area (Å²) in [5, 5.41) is 8.11. The predicted molar refractivity (Wildman–Crippen MR) is 71.7 cm³/mol. The second kappa shape index (κ2) is 6.45. The van der Waals surface area contributed by atoms with Crippen LogP contribution in [0.25, 0.3) is 0 Å². The molecule has 19 heavy (non-hydrogen) atoms. The lowest BCUT2D eigenvalue weighted by Crippen LogP contribution is -2.48. The van der Waals surface area contributed by atoms with Crippen LogP contribution in [-0.4, -0.2) is 40.4 Å². The summed E-state index contributed by atoms with van der Waals surface area (Å²) in [5.74, 6) is 0. The molecule has 1 fully saturated rings. The lowest BCUT2D eigenvalue weighted by molar-refractivity contribution is -0.122. The van der Waals surface area contributed by atoms with E-state index in [0.717, 1.165) is 31.5 Å². The summed E-state index contributed by atoms with van der Waals surface area (Å²) in [6.45, 7) is 7.01. The van der Waals surface area contributed by atoms with Gasteiger partial charge in [0.05, 0.1) is 23.5 Å². The van der Waals surface area contributed by atoms with Crippen LogP contribution in [0.15, 0.2) is 6.20 Å². The molecule has 1 unspecified atom stereocenters. The van der Waals surface area contributed by atoms with Gasteiger partial charge in [-0.25, -0.2) is 4.68 Å². The zero-order valence-electron chi connectivity index (χ0n) is 11.8. The number of aryl methyl sites for hydroxylation is 1. The van der Waals surface area contributed by atoms with Crippen LogP contribution in [0.1, 0.15) is 44.8 Å². The number of hydrogen-bond donors (Lipinski definition) is 1. The third-order valence-corrected chi connectivity index (χ3v) is 3.74.